The average molecular weight is 517 g/mol. The number of rotatable bonds is 7. The summed E-state index contributed by atoms with van der Waals surface area (Å²) in [6.45, 7) is 0.270. The summed E-state index contributed by atoms with van der Waals surface area (Å²) in [5.41, 5.74) is 1.20. The summed E-state index contributed by atoms with van der Waals surface area (Å²) in [5.74, 6) is 0.667. The number of nitro benzene ring substituents is 1. The van der Waals surface area contributed by atoms with Crippen LogP contribution >= 0.6 is 11.6 Å². The minimum Gasteiger partial charge on any atom is -0.489 e. The van der Waals surface area contributed by atoms with Crippen LogP contribution in [0.4, 0.5) is 11.4 Å². The third kappa shape index (κ3) is 4.03. The Balaban J connectivity index is 1.09. The van der Waals surface area contributed by atoms with Crippen molar-refractivity contribution in [3.8, 4) is 17.2 Å². The summed E-state index contributed by atoms with van der Waals surface area (Å²) in [7, 11) is 0. The quantitative estimate of drug-likeness (QED) is 0.167. The van der Waals surface area contributed by atoms with Crippen molar-refractivity contribution in [1.29, 1.82) is 0 Å². The van der Waals surface area contributed by atoms with Gasteiger partial charge in [0.1, 0.15) is 18.1 Å². The monoisotopic (exact) mass is 516 g/mol. The van der Waals surface area contributed by atoms with Crippen LogP contribution in [0.1, 0.15) is 12.0 Å². The van der Waals surface area contributed by atoms with Crippen LogP contribution in [0.15, 0.2) is 78.9 Å². The predicted molar refractivity (Wildman–Crippen MR) is 136 cm³/mol. The number of benzene rings is 3. The van der Waals surface area contributed by atoms with Gasteiger partial charge >= 0.3 is 5.69 Å². The largest absolute Gasteiger partial charge is 0.489 e. The summed E-state index contributed by atoms with van der Waals surface area (Å²) in [5, 5.41) is 11.4. The number of allylic oxidation sites excluding steroid dienone is 2. The number of hydrogen-bond acceptors (Lipinski definition) is 6. The van der Waals surface area contributed by atoms with Gasteiger partial charge in [-0.3, -0.25) is 24.6 Å². The highest BCUT2D eigenvalue weighted by atomic mass is 35.5. The van der Waals surface area contributed by atoms with E-state index in [4.69, 9.17) is 21.1 Å². The number of carbonyl (C=O) groups is 2. The first-order valence-electron chi connectivity index (χ1n) is 11.9. The molecule has 0 radical (unpaired) electrons. The lowest BCUT2D eigenvalue weighted by Gasteiger charge is -2.17. The van der Waals surface area contributed by atoms with Crippen LogP contribution in [0, 0.1) is 33.8 Å². The number of nitrogens with zero attached hydrogens (tertiary/aromatic N) is 2. The van der Waals surface area contributed by atoms with Gasteiger partial charge in [0.15, 0.2) is 0 Å². The number of hydrogen-bond donors (Lipinski definition) is 0. The van der Waals surface area contributed by atoms with E-state index in [1.165, 1.54) is 23.1 Å². The first kappa shape index (κ1) is 23.2. The smallest absolute Gasteiger partial charge is 0.313 e. The van der Waals surface area contributed by atoms with E-state index < -0.39 is 4.92 Å². The number of amides is 2. The minimum atomic E-state index is -0.545. The van der Waals surface area contributed by atoms with E-state index in [2.05, 4.69) is 12.2 Å². The molecule has 1 aliphatic heterocycles. The number of halogens is 1. The molecule has 3 aromatic rings. The highest BCUT2D eigenvalue weighted by molar-refractivity contribution is 6.32. The molecule has 2 aliphatic carbocycles. The number of imide groups is 1. The molecule has 0 unspecified atom stereocenters. The molecule has 1 saturated heterocycles. The van der Waals surface area contributed by atoms with Crippen LogP contribution < -0.4 is 14.4 Å². The molecule has 186 valence electrons. The van der Waals surface area contributed by atoms with Gasteiger partial charge in [0.2, 0.25) is 17.6 Å². The van der Waals surface area contributed by atoms with Gasteiger partial charge in [-0.15, -0.1) is 0 Å². The average Bonchev–Trinajstić information content (AvgIpc) is 3.58. The molecular weight excluding hydrogens is 496 g/mol. The zero-order chi connectivity index (χ0) is 25.7. The Kier molecular flexibility index (Phi) is 5.68. The van der Waals surface area contributed by atoms with Crippen molar-refractivity contribution in [2.45, 2.75) is 13.0 Å². The lowest BCUT2D eigenvalue weighted by atomic mass is 9.85. The van der Waals surface area contributed by atoms with Crippen molar-refractivity contribution in [3.63, 3.8) is 0 Å². The van der Waals surface area contributed by atoms with E-state index in [1.807, 2.05) is 0 Å². The van der Waals surface area contributed by atoms with Gasteiger partial charge in [-0.1, -0.05) is 42.0 Å². The second kappa shape index (κ2) is 9.05. The van der Waals surface area contributed by atoms with E-state index in [1.54, 1.807) is 48.5 Å². The molecule has 0 aromatic heterocycles. The van der Waals surface area contributed by atoms with Crippen molar-refractivity contribution in [3.05, 3.63) is 99.6 Å². The lowest BCUT2D eigenvalue weighted by Crippen LogP contribution is -2.32. The summed E-state index contributed by atoms with van der Waals surface area (Å²) in [6.07, 6.45) is 5.06. The van der Waals surface area contributed by atoms with Gasteiger partial charge in [-0.05, 0) is 66.3 Å². The molecule has 2 amide bonds. The number of nitro groups is 1. The topological polar surface area (TPSA) is 99.0 Å². The highest BCUT2D eigenvalue weighted by Gasteiger charge is 2.59. The fourth-order valence-electron chi connectivity index (χ4n) is 5.53. The molecule has 2 bridgehead atoms. The van der Waals surface area contributed by atoms with Crippen LogP contribution in [0.2, 0.25) is 5.02 Å². The zero-order valence-corrected chi connectivity index (χ0v) is 20.2. The van der Waals surface area contributed by atoms with Crippen LogP contribution in [-0.2, 0) is 16.2 Å². The molecular formula is C28H21ClN2O6. The van der Waals surface area contributed by atoms with Gasteiger partial charge in [0.25, 0.3) is 0 Å². The molecule has 1 saturated carbocycles. The number of fused-ring (bicyclic) bond motifs is 5. The lowest BCUT2D eigenvalue weighted by molar-refractivity contribution is -0.385. The molecule has 9 heteroatoms. The van der Waals surface area contributed by atoms with Gasteiger partial charge < -0.3 is 9.47 Å². The summed E-state index contributed by atoms with van der Waals surface area (Å²) in [6, 6.07) is 18.2. The second-order valence-corrected chi connectivity index (χ2v) is 9.79. The maximum Gasteiger partial charge on any atom is 0.313 e. The molecule has 3 aliphatic rings. The van der Waals surface area contributed by atoms with E-state index in [-0.39, 0.29) is 58.6 Å². The second-order valence-electron chi connectivity index (χ2n) is 9.39. The molecule has 2 fully saturated rings. The Morgan fingerprint density at radius 2 is 1.51 bits per heavy atom. The SMILES string of the molecule is O=C1[C@@H]2[C@H](C(=O)N1c1ccc(OCc3ccc(Oc4c(Cl)cccc4[N+](=O)[O-])cc3)cc1)[C@@H]1C=C[C@H]2C1. The highest BCUT2D eigenvalue weighted by Crippen LogP contribution is 2.53. The maximum absolute atomic E-state index is 13.0. The summed E-state index contributed by atoms with van der Waals surface area (Å²) >= 11 is 6.09. The first-order valence-corrected chi connectivity index (χ1v) is 12.3. The molecule has 4 atom stereocenters. The Morgan fingerprint density at radius 1 is 0.892 bits per heavy atom. The van der Waals surface area contributed by atoms with Crippen molar-refractivity contribution >= 4 is 34.8 Å². The van der Waals surface area contributed by atoms with Crippen LogP contribution in [0.25, 0.3) is 0 Å². The van der Waals surface area contributed by atoms with E-state index in [0.717, 1.165) is 12.0 Å². The molecule has 6 rings (SSSR count). The molecule has 37 heavy (non-hydrogen) atoms. The van der Waals surface area contributed by atoms with E-state index in [0.29, 0.717) is 17.2 Å². The molecule has 8 nitrogen and oxygen atoms in total. The number of anilines is 1. The normalized spacial score (nSPS) is 23.4. The van der Waals surface area contributed by atoms with Crippen molar-refractivity contribution in [1.82, 2.24) is 0 Å². The van der Waals surface area contributed by atoms with E-state index >= 15 is 0 Å². The fourth-order valence-corrected chi connectivity index (χ4v) is 5.74. The molecule has 1 heterocycles. The maximum atomic E-state index is 13.0. The summed E-state index contributed by atoms with van der Waals surface area (Å²) in [4.78, 5) is 38.0. The number of para-hydroxylation sites is 1. The Labute approximate surface area is 217 Å². The van der Waals surface area contributed by atoms with Gasteiger partial charge in [-0.2, -0.15) is 0 Å². The van der Waals surface area contributed by atoms with Gasteiger partial charge in [0, 0.05) is 6.07 Å². The first-order chi connectivity index (χ1) is 17.9. The third-order valence-corrected chi connectivity index (χ3v) is 7.55. The van der Waals surface area contributed by atoms with Crippen molar-refractivity contribution in [2.24, 2.45) is 23.7 Å². The third-order valence-electron chi connectivity index (χ3n) is 7.26. The minimum absolute atomic E-state index is 0.0132. The van der Waals surface area contributed by atoms with Crippen LogP contribution in [-0.4, -0.2) is 16.7 Å². The molecule has 3 aromatic carbocycles. The van der Waals surface area contributed by atoms with Crippen LogP contribution in [0.5, 0.6) is 17.2 Å². The van der Waals surface area contributed by atoms with Gasteiger partial charge in [-0.25, -0.2) is 0 Å². The van der Waals surface area contributed by atoms with Gasteiger partial charge in [0.05, 0.1) is 27.5 Å². The standard InChI is InChI=1S/C28H21ClN2O6/c29-22-2-1-3-23(31(34)35)26(22)37-21-10-4-16(5-11-21)15-36-20-12-8-19(9-13-20)30-27(32)24-17-6-7-18(14-17)25(24)28(30)33/h1-13,17-18,24-25H,14-15H2/t17-,18+,24-,25+. The molecule has 0 N–H and O–H groups in total. The Hall–Kier alpha value is -4.17. The summed E-state index contributed by atoms with van der Waals surface area (Å²) < 4.78 is 11.5. The Bertz CT molecular complexity index is 1410. The number of ether oxygens (including phenoxy) is 2. The van der Waals surface area contributed by atoms with E-state index in [9.17, 15) is 19.7 Å². The Morgan fingerprint density at radius 3 is 2.14 bits per heavy atom. The zero-order valence-electron chi connectivity index (χ0n) is 19.5. The number of carbonyl (C=O) groups excluding carboxylic acids is 2. The van der Waals surface area contributed by atoms with Crippen molar-refractivity contribution < 1.29 is 24.0 Å². The van der Waals surface area contributed by atoms with Crippen LogP contribution in [0.3, 0.4) is 0 Å². The molecule has 0 spiro atoms. The predicted octanol–water partition coefficient (Wildman–Crippen LogP) is 5.93. The van der Waals surface area contributed by atoms with Crippen molar-refractivity contribution in [2.75, 3.05) is 4.90 Å². The fraction of sp³-hybridized carbons (Fsp3) is 0.214.